The first kappa shape index (κ1) is 12.7. The van der Waals surface area contributed by atoms with Crippen molar-refractivity contribution in [1.29, 1.82) is 0 Å². The van der Waals surface area contributed by atoms with E-state index in [-0.39, 0.29) is 0 Å². The highest BCUT2D eigenvalue weighted by Gasteiger charge is 2.47. The van der Waals surface area contributed by atoms with E-state index in [4.69, 9.17) is 0 Å². The molecule has 1 aromatic carbocycles. The first-order valence-corrected chi connectivity index (χ1v) is 7.33. The molecule has 2 aliphatic rings. The Bertz CT molecular complexity index is 457. The van der Waals surface area contributed by atoms with E-state index in [9.17, 15) is 5.21 Å². The van der Waals surface area contributed by atoms with Crippen LogP contribution >= 0.6 is 0 Å². The Morgan fingerprint density at radius 1 is 1.26 bits per heavy atom. The molecule has 2 fully saturated rings. The number of hydrogen-bond acceptors (Lipinski definition) is 3. The summed E-state index contributed by atoms with van der Waals surface area (Å²) in [4.78, 5) is 2.47. The van der Waals surface area contributed by atoms with Gasteiger partial charge in [0.2, 0.25) is 0 Å². The van der Waals surface area contributed by atoms with Gasteiger partial charge in [-0.25, -0.2) is 0 Å². The van der Waals surface area contributed by atoms with Gasteiger partial charge >= 0.3 is 0 Å². The molecule has 0 saturated heterocycles. The molecular formula is C16H22N2O. The van der Waals surface area contributed by atoms with Gasteiger partial charge in [-0.15, -0.1) is 0 Å². The molecule has 3 nitrogen and oxygen atoms in total. The van der Waals surface area contributed by atoms with Crippen molar-refractivity contribution in [3.63, 3.8) is 0 Å². The number of benzene rings is 1. The maximum atomic E-state index is 9.33. The second kappa shape index (κ2) is 5.33. The smallest absolute Gasteiger partial charge is 0.0775 e. The maximum absolute atomic E-state index is 9.33. The molecule has 1 N–H and O–H groups in total. The summed E-state index contributed by atoms with van der Waals surface area (Å²) in [5.41, 5.74) is 2.37. The van der Waals surface area contributed by atoms with E-state index in [1.165, 1.54) is 24.8 Å². The Morgan fingerprint density at radius 3 is 2.74 bits per heavy atom. The number of nitrogens with zero attached hydrogens (tertiary/aromatic N) is 2. The highest BCUT2D eigenvalue weighted by molar-refractivity contribution is 5.94. The van der Waals surface area contributed by atoms with Crippen LogP contribution in [0.15, 0.2) is 35.5 Å². The summed E-state index contributed by atoms with van der Waals surface area (Å²) < 4.78 is 0. The quantitative estimate of drug-likeness (QED) is 0.665. The van der Waals surface area contributed by atoms with Crippen molar-refractivity contribution >= 4 is 5.71 Å². The average Bonchev–Trinajstić information content (AvgIpc) is 3.06. The second-order valence-corrected chi connectivity index (χ2v) is 5.79. The summed E-state index contributed by atoms with van der Waals surface area (Å²) in [5, 5.41) is 13.0. The highest BCUT2D eigenvalue weighted by Crippen LogP contribution is 2.45. The molecule has 0 amide bonds. The minimum absolute atomic E-state index is 0.356. The van der Waals surface area contributed by atoms with Crippen LogP contribution in [0, 0.1) is 11.8 Å². The van der Waals surface area contributed by atoms with E-state index >= 15 is 0 Å². The van der Waals surface area contributed by atoms with Gasteiger partial charge in [-0.1, -0.05) is 42.4 Å². The summed E-state index contributed by atoms with van der Waals surface area (Å²) >= 11 is 0. The van der Waals surface area contributed by atoms with E-state index in [1.54, 1.807) is 0 Å². The van der Waals surface area contributed by atoms with Crippen LogP contribution < -0.4 is 0 Å². The third kappa shape index (κ3) is 2.27. The topological polar surface area (TPSA) is 35.8 Å². The zero-order valence-corrected chi connectivity index (χ0v) is 11.5. The monoisotopic (exact) mass is 258 g/mol. The third-order valence-electron chi connectivity index (χ3n) is 4.78. The Morgan fingerprint density at radius 2 is 2.05 bits per heavy atom. The van der Waals surface area contributed by atoms with Gasteiger partial charge in [-0.3, -0.25) is 4.90 Å². The molecule has 0 unspecified atom stereocenters. The minimum Gasteiger partial charge on any atom is -0.411 e. The number of oxime groups is 1. The second-order valence-electron chi connectivity index (χ2n) is 5.79. The number of rotatable bonds is 4. The lowest BCUT2D eigenvalue weighted by molar-refractivity contribution is 0.192. The fraction of sp³-hybridized carbons (Fsp3) is 0.562. The fourth-order valence-corrected chi connectivity index (χ4v) is 3.91. The molecule has 3 atom stereocenters. The van der Waals surface area contributed by atoms with Crippen molar-refractivity contribution in [2.75, 3.05) is 6.54 Å². The lowest BCUT2D eigenvalue weighted by atomic mass is 9.91. The molecule has 0 aliphatic heterocycles. The van der Waals surface area contributed by atoms with Crippen LogP contribution in [0.25, 0.3) is 0 Å². The van der Waals surface area contributed by atoms with Crippen molar-refractivity contribution in [3.8, 4) is 0 Å². The minimum atomic E-state index is 0.356. The van der Waals surface area contributed by atoms with Crippen molar-refractivity contribution in [1.82, 2.24) is 4.90 Å². The molecule has 1 aromatic rings. The summed E-state index contributed by atoms with van der Waals surface area (Å²) in [6.07, 6.45) is 3.72. The summed E-state index contributed by atoms with van der Waals surface area (Å²) in [6, 6.07) is 10.9. The zero-order valence-electron chi connectivity index (χ0n) is 11.5. The van der Waals surface area contributed by atoms with Gasteiger partial charge in [-0.2, -0.15) is 0 Å². The van der Waals surface area contributed by atoms with Crippen molar-refractivity contribution in [2.45, 2.75) is 38.8 Å². The molecule has 19 heavy (non-hydrogen) atoms. The summed E-state index contributed by atoms with van der Waals surface area (Å²) in [6.45, 7) is 4.15. The SMILES string of the molecule is CCN(Cc1ccccc1)[C@H]1/C(=N\O)[C@H]2CC[C@H]1C2. The Labute approximate surface area is 114 Å². The maximum Gasteiger partial charge on any atom is 0.0775 e. The van der Waals surface area contributed by atoms with Gasteiger partial charge in [0, 0.05) is 12.5 Å². The summed E-state index contributed by atoms with van der Waals surface area (Å²) in [7, 11) is 0. The zero-order chi connectivity index (χ0) is 13.2. The van der Waals surface area contributed by atoms with Crippen LogP contribution in [-0.4, -0.2) is 28.4 Å². The van der Waals surface area contributed by atoms with Gasteiger partial charge in [0.15, 0.2) is 0 Å². The van der Waals surface area contributed by atoms with Crippen molar-refractivity contribution in [2.24, 2.45) is 17.0 Å². The molecule has 3 rings (SSSR count). The molecule has 2 aliphatic carbocycles. The van der Waals surface area contributed by atoms with E-state index < -0.39 is 0 Å². The predicted octanol–water partition coefficient (Wildman–Crippen LogP) is 3.14. The Hall–Kier alpha value is -1.35. The van der Waals surface area contributed by atoms with Gasteiger partial charge < -0.3 is 5.21 Å². The Balaban J connectivity index is 1.79. The van der Waals surface area contributed by atoms with Crippen molar-refractivity contribution < 1.29 is 5.21 Å². The van der Waals surface area contributed by atoms with Crippen molar-refractivity contribution in [3.05, 3.63) is 35.9 Å². The van der Waals surface area contributed by atoms with E-state index in [1.807, 2.05) is 0 Å². The summed E-state index contributed by atoms with van der Waals surface area (Å²) in [5.74, 6) is 1.23. The average molecular weight is 258 g/mol. The molecule has 0 aromatic heterocycles. The first-order valence-electron chi connectivity index (χ1n) is 7.33. The van der Waals surface area contributed by atoms with Gasteiger partial charge in [0.05, 0.1) is 11.8 Å². The van der Waals surface area contributed by atoms with Gasteiger partial charge in [-0.05, 0) is 37.3 Å². The number of fused-ring (bicyclic) bond motifs is 2. The van der Waals surface area contributed by atoms with Crippen LogP contribution in [0.3, 0.4) is 0 Å². The van der Waals surface area contributed by atoms with E-state index in [0.29, 0.717) is 17.9 Å². The van der Waals surface area contributed by atoms with Crippen LogP contribution in [0.5, 0.6) is 0 Å². The van der Waals surface area contributed by atoms with Gasteiger partial charge in [0.1, 0.15) is 0 Å². The van der Waals surface area contributed by atoms with Crippen LogP contribution in [0.4, 0.5) is 0 Å². The largest absolute Gasteiger partial charge is 0.411 e. The molecule has 3 heteroatoms. The molecule has 102 valence electrons. The molecule has 2 saturated carbocycles. The highest BCUT2D eigenvalue weighted by atomic mass is 16.4. The fourth-order valence-electron chi connectivity index (χ4n) is 3.91. The van der Waals surface area contributed by atoms with Gasteiger partial charge in [0.25, 0.3) is 0 Å². The lowest BCUT2D eigenvalue weighted by Crippen LogP contribution is -2.44. The lowest BCUT2D eigenvalue weighted by Gasteiger charge is -2.34. The van der Waals surface area contributed by atoms with E-state index in [2.05, 4.69) is 47.3 Å². The Kier molecular flexibility index (Phi) is 3.56. The normalized spacial score (nSPS) is 31.5. The van der Waals surface area contributed by atoms with Crippen LogP contribution in [0.2, 0.25) is 0 Å². The molecule has 2 bridgehead atoms. The number of hydrogen-bond donors (Lipinski definition) is 1. The van der Waals surface area contributed by atoms with E-state index in [0.717, 1.165) is 18.8 Å². The first-order chi connectivity index (χ1) is 9.33. The molecule has 0 radical (unpaired) electrons. The van der Waals surface area contributed by atoms with Crippen LogP contribution in [-0.2, 0) is 6.54 Å². The molecule has 0 spiro atoms. The third-order valence-corrected chi connectivity index (χ3v) is 4.78. The molecule has 0 heterocycles. The predicted molar refractivity (Wildman–Crippen MR) is 76.4 cm³/mol. The molecular weight excluding hydrogens is 236 g/mol. The standard InChI is InChI=1S/C16H22N2O/c1-2-18(11-12-6-4-3-5-7-12)16-14-9-8-13(10-14)15(16)17-19/h3-7,13-14,16,19H,2,8-11H2,1H3/b17-15-/t13-,14-,16+/m0/s1. The van der Waals surface area contributed by atoms with Crippen LogP contribution in [0.1, 0.15) is 31.7 Å².